The number of likely N-dealkylation sites (tertiary alicyclic amines) is 1. The first-order valence-electron chi connectivity index (χ1n) is 7.58. The Morgan fingerprint density at radius 3 is 2.00 bits per heavy atom. The molecule has 0 aromatic heterocycles. The minimum absolute atomic E-state index is 0.131. The van der Waals surface area contributed by atoms with Crippen LogP contribution in [-0.2, 0) is 17.6 Å². The van der Waals surface area contributed by atoms with Gasteiger partial charge in [-0.2, -0.15) is 0 Å². The van der Waals surface area contributed by atoms with Crippen molar-refractivity contribution in [2.45, 2.75) is 25.3 Å². The number of benzene rings is 2. The van der Waals surface area contributed by atoms with Crippen molar-refractivity contribution in [1.82, 2.24) is 4.90 Å². The smallest absolute Gasteiger partial charge is 0.226 e. The van der Waals surface area contributed by atoms with Crippen molar-refractivity contribution < 1.29 is 4.79 Å². The van der Waals surface area contributed by atoms with Crippen LogP contribution in [0, 0.1) is 5.92 Å². The topological polar surface area (TPSA) is 20.3 Å². The van der Waals surface area contributed by atoms with E-state index in [0.29, 0.717) is 11.9 Å². The third-order valence-corrected chi connectivity index (χ3v) is 4.44. The first kappa shape index (κ1) is 13.9. The van der Waals surface area contributed by atoms with Crippen molar-refractivity contribution in [3.63, 3.8) is 0 Å². The Kier molecular flexibility index (Phi) is 4.05. The minimum atomic E-state index is 0.131. The van der Waals surface area contributed by atoms with E-state index in [1.165, 1.54) is 11.1 Å². The first-order valence-corrected chi connectivity index (χ1v) is 7.58. The van der Waals surface area contributed by atoms with Gasteiger partial charge in [-0.1, -0.05) is 60.7 Å². The zero-order valence-electron chi connectivity index (χ0n) is 12.4. The second-order valence-electron chi connectivity index (χ2n) is 5.92. The molecule has 1 heterocycles. The summed E-state index contributed by atoms with van der Waals surface area (Å²) in [6.45, 7) is 0. The highest BCUT2D eigenvalue weighted by molar-refractivity contribution is 5.81. The van der Waals surface area contributed by atoms with Crippen LogP contribution in [0.15, 0.2) is 60.7 Å². The highest BCUT2D eigenvalue weighted by Crippen LogP contribution is 2.28. The number of nitrogens with zero attached hydrogens (tertiary/aromatic N) is 1. The highest BCUT2D eigenvalue weighted by Gasteiger charge is 2.36. The van der Waals surface area contributed by atoms with Gasteiger partial charge in [-0.3, -0.25) is 4.79 Å². The quantitative estimate of drug-likeness (QED) is 0.840. The Morgan fingerprint density at radius 2 is 1.43 bits per heavy atom. The summed E-state index contributed by atoms with van der Waals surface area (Å²) in [6, 6.07) is 21.1. The third kappa shape index (κ3) is 3.15. The lowest BCUT2D eigenvalue weighted by Gasteiger charge is -2.19. The van der Waals surface area contributed by atoms with Gasteiger partial charge in [-0.15, -0.1) is 0 Å². The van der Waals surface area contributed by atoms with Gasteiger partial charge in [0.05, 0.1) is 0 Å². The van der Waals surface area contributed by atoms with E-state index in [1.807, 2.05) is 36.2 Å². The molecule has 108 valence electrons. The van der Waals surface area contributed by atoms with Gasteiger partial charge in [0.25, 0.3) is 0 Å². The molecule has 3 rings (SSSR count). The number of carbonyl (C=O) groups excluding carboxylic acids is 1. The molecule has 2 aromatic rings. The van der Waals surface area contributed by atoms with E-state index in [1.54, 1.807) is 0 Å². The molecule has 21 heavy (non-hydrogen) atoms. The fourth-order valence-corrected chi connectivity index (χ4v) is 3.23. The summed E-state index contributed by atoms with van der Waals surface area (Å²) in [7, 11) is 1.95. The first-order chi connectivity index (χ1) is 10.2. The molecule has 0 radical (unpaired) electrons. The summed E-state index contributed by atoms with van der Waals surface area (Å²) in [6.07, 6.45) is 2.77. The van der Waals surface area contributed by atoms with Gasteiger partial charge in [-0.25, -0.2) is 0 Å². The van der Waals surface area contributed by atoms with Crippen LogP contribution in [0.4, 0.5) is 0 Å². The fraction of sp³-hybridized carbons (Fsp3) is 0.316. The summed E-state index contributed by atoms with van der Waals surface area (Å²) >= 11 is 0. The molecule has 0 aliphatic carbocycles. The van der Waals surface area contributed by atoms with E-state index >= 15 is 0 Å². The Balaban J connectivity index is 1.67. The van der Waals surface area contributed by atoms with Crippen LogP contribution in [-0.4, -0.2) is 23.9 Å². The lowest BCUT2D eigenvalue weighted by molar-refractivity contribution is -0.130. The van der Waals surface area contributed by atoms with Gasteiger partial charge < -0.3 is 4.90 Å². The minimum Gasteiger partial charge on any atom is -0.342 e. The lowest BCUT2D eigenvalue weighted by Crippen LogP contribution is -2.31. The molecule has 1 aliphatic heterocycles. The Labute approximate surface area is 126 Å². The normalized spacial score (nSPS) is 21.8. The Hall–Kier alpha value is -2.09. The van der Waals surface area contributed by atoms with Crippen LogP contribution in [0.5, 0.6) is 0 Å². The molecule has 1 unspecified atom stereocenters. The maximum Gasteiger partial charge on any atom is 0.226 e. The van der Waals surface area contributed by atoms with Crippen LogP contribution < -0.4 is 0 Å². The van der Waals surface area contributed by atoms with Crippen molar-refractivity contribution in [3.05, 3.63) is 71.8 Å². The average Bonchev–Trinajstić information content (AvgIpc) is 2.78. The number of carbonyl (C=O) groups is 1. The van der Waals surface area contributed by atoms with E-state index in [9.17, 15) is 4.79 Å². The molecule has 0 spiro atoms. The zero-order valence-corrected chi connectivity index (χ0v) is 12.4. The predicted molar refractivity (Wildman–Crippen MR) is 85.0 cm³/mol. The molecular formula is C19H21NO. The molecule has 0 N–H and O–H groups in total. The van der Waals surface area contributed by atoms with Crippen LogP contribution in [0.1, 0.15) is 17.5 Å². The molecule has 1 fully saturated rings. The van der Waals surface area contributed by atoms with Crippen LogP contribution in [0.2, 0.25) is 0 Å². The molecule has 2 atom stereocenters. The summed E-state index contributed by atoms with van der Waals surface area (Å²) in [5.41, 5.74) is 2.56. The van der Waals surface area contributed by atoms with Crippen molar-refractivity contribution >= 4 is 5.91 Å². The van der Waals surface area contributed by atoms with Crippen molar-refractivity contribution in [1.29, 1.82) is 0 Å². The second kappa shape index (κ2) is 6.13. The zero-order chi connectivity index (χ0) is 14.7. The number of rotatable bonds is 4. The van der Waals surface area contributed by atoms with E-state index in [-0.39, 0.29) is 5.92 Å². The van der Waals surface area contributed by atoms with Gasteiger partial charge in [0.2, 0.25) is 5.91 Å². The number of hydrogen-bond acceptors (Lipinski definition) is 1. The molecular weight excluding hydrogens is 258 g/mol. The molecule has 2 nitrogen and oxygen atoms in total. The van der Waals surface area contributed by atoms with Gasteiger partial charge in [-0.05, 0) is 30.4 Å². The Morgan fingerprint density at radius 1 is 0.905 bits per heavy atom. The highest BCUT2D eigenvalue weighted by atomic mass is 16.2. The molecule has 1 amide bonds. The van der Waals surface area contributed by atoms with Gasteiger partial charge >= 0.3 is 0 Å². The summed E-state index contributed by atoms with van der Waals surface area (Å²) in [5, 5.41) is 0. The van der Waals surface area contributed by atoms with Crippen molar-refractivity contribution in [2.75, 3.05) is 7.05 Å². The molecule has 0 bridgehead atoms. The van der Waals surface area contributed by atoms with E-state index in [4.69, 9.17) is 0 Å². The van der Waals surface area contributed by atoms with Gasteiger partial charge in [0, 0.05) is 19.0 Å². The SMILES string of the molecule is CN1C(=O)C(Cc2ccccc2)C[C@@H]1Cc1ccccc1. The molecule has 2 aromatic carbocycles. The van der Waals surface area contributed by atoms with E-state index in [0.717, 1.165) is 19.3 Å². The largest absolute Gasteiger partial charge is 0.342 e. The van der Waals surface area contributed by atoms with Gasteiger partial charge in [0.15, 0.2) is 0 Å². The standard InChI is InChI=1S/C19H21NO/c1-20-18(13-16-10-6-3-7-11-16)14-17(19(20)21)12-15-8-4-2-5-9-15/h2-11,17-18H,12-14H2,1H3/t17?,18-/m0/s1. The van der Waals surface area contributed by atoms with Gasteiger partial charge in [0.1, 0.15) is 0 Å². The summed E-state index contributed by atoms with van der Waals surface area (Å²) in [4.78, 5) is 14.4. The molecule has 0 saturated carbocycles. The van der Waals surface area contributed by atoms with E-state index in [2.05, 4.69) is 36.4 Å². The molecule has 1 saturated heterocycles. The monoisotopic (exact) mass is 279 g/mol. The molecule has 1 aliphatic rings. The second-order valence-corrected chi connectivity index (χ2v) is 5.92. The summed E-state index contributed by atoms with van der Waals surface area (Å²) in [5.74, 6) is 0.422. The van der Waals surface area contributed by atoms with Crippen LogP contribution >= 0.6 is 0 Å². The fourth-order valence-electron chi connectivity index (χ4n) is 3.23. The van der Waals surface area contributed by atoms with Crippen LogP contribution in [0.3, 0.4) is 0 Å². The summed E-state index contributed by atoms with van der Waals surface area (Å²) < 4.78 is 0. The maximum atomic E-state index is 12.4. The Bertz CT molecular complexity index is 593. The predicted octanol–water partition coefficient (Wildman–Crippen LogP) is 3.32. The average molecular weight is 279 g/mol. The lowest BCUT2D eigenvalue weighted by atomic mass is 9.94. The number of amides is 1. The van der Waals surface area contributed by atoms with E-state index < -0.39 is 0 Å². The molecule has 2 heteroatoms. The number of likely N-dealkylation sites (N-methyl/N-ethyl adjacent to an activating group) is 1. The maximum absolute atomic E-state index is 12.4. The van der Waals surface area contributed by atoms with Crippen LogP contribution in [0.25, 0.3) is 0 Å². The number of hydrogen-bond donors (Lipinski definition) is 0. The van der Waals surface area contributed by atoms with Crippen molar-refractivity contribution in [3.8, 4) is 0 Å². The third-order valence-electron chi connectivity index (χ3n) is 4.44. The van der Waals surface area contributed by atoms with Crippen molar-refractivity contribution in [2.24, 2.45) is 5.92 Å².